The maximum Gasteiger partial charge on any atom is 0.223 e. The minimum Gasteiger partial charge on any atom is -0.618 e. The van der Waals surface area contributed by atoms with Crippen molar-refractivity contribution in [3.8, 4) is 11.3 Å². The number of rotatable bonds is 1. The number of hydrogen-bond donors (Lipinski definition) is 0. The largest absolute Gasteiger partial charge is 0.618 e. The summed E-state index contributed by atoms with van der Waals surface area (Å²) in [5.74, 6) is 0. The molecule has 2 aromatic rings. The molecular weight excluding hydrogens is 162 g/mol. The van der Waals surface area contributed by atoms with Crippen LogP contribution in [0.1, 0.15) is 4.11 Å². The van der Waals surface area contributed by atoms with Crippen LogP contribution in [0.25, 0.3) is 11.3 Å². The second-order valence-electron chi connectivity index (χ2n) is 2.52. The third kappa shape index (κ3) is 1.51. The summed E-state index contributed by atoms with van der Waals surface area (Å²) in [5, 5.41) is 11.6. The van der Waals surface area contributed by atoms with E-state index in [1.165, 1.54) is 24.3 Å². The first-order valence-corrected chi connectivity index (χ1v) is 3.87. The molecule has 2 rings (SSSR count). The van der Waals surface area contributed by atoms with Crippen LogP contribution in [0.2, 0.25) is 0 Å². The molecule has 0 atom stereocenters. The molecule has 0 spiro atoms. The summed E-state index contributed by atoms with van der Waals surface area (Å²) in [7, 11) is 0. The Morgan fingerprint density at radius 2 is 1.85 bits per heavy atom. The first kappa shape index (κ1) is 5.02. The lowest BCUT2D eigenvalue weighted by molar-refractivity contribution is -0.593. The Labute approximate surface area is 80.9 Å². The number of aromatic nitrogens is 1. The first-order valence-electron chi connectivity index (χ1n) is 5.37. The van der Waals surface area contributed by atoms with Gasteiger partial charge in [0.1, 0.15) is 1.37 Å². The van der Waals surface area contributed by atoms with Crippen molar-refractivity contribution in [3.63, 3.8) is 0 Å². The van der Waals surface area contributed by atoms with E-state index < -0.39 is 0 Å². The molecule has 0 aliphatic carbocycles. The van der Waals surface area contributed by atoms with Gasteiger partial charge in [0.25, 0.3) is 0 Å². The van der Waals surface area contributed by atoms with E-state index in [9.17, 15) is 5.21 Å². The van der Waals surface area contributed by atoms with E-state index in [-0.39, 0.29) is 29.5 Å². The van der Waals surface area contributed by atoms with Crippen molar-refractivity contribution in [1.82, 2.24) is 0 Å². The molecule has 0 unspecified atom stereocenters. The molecule has 2 heteroatoms. The van der Waals surface area contributed by atoms with Crippen LogP contribution in [0.4, 0.5) is 0 Å². The quantitative estimate of drug-likeness (QED) is 0.479. The van der Waals surface area contributed by atoms with Gasteiger partial charge in [-0.05, 0) is 18.2 Å². The van der Waals surface area contributed by atoms with Gasteiger partial charge in [-0.25, -0.2) is 0 Å². The molecule has 64 valence electrons. The maximum atomic E-state index is 11.6. The fourth-order valence-electron chi connectivity index (χ4n) is 1.07. The average Bonchev–Trinajstić information content (AvgIpc) is 2.24. The lowest BCUT2D eigenvalue weighted by Crippen LogP contribution is -2.27. The van der Waals surface area contributed by atoms with E-state index in [0.717, 1.165) is 0 Å². The summed E-state index contributed by atoms with van der Waals surface area (Å²) >= 11 is 0. The van der Waals surface area contributed by atoms with Crippen LogP contribution < -0.4 is 4.73 Å². The molecule has 0 fully saturated rings. The molecule has 0 N–H and O–H groups in total. The molecule has 1 aromatic heterocycles. The Bertz CT molecular complexity index is 522. The lowest BCUT2D eigenvalue weighted by Gasteiger charge is -2.02. The molecule has 1 heterocycles. The van der Waals surface area contributed by atoms with Gasteiger partial charge in [-0.1, -0.05) is 18.2 Å². The molecule has 0 radical (unpaired) electrons. The summed E-state index contributed by atoms with van der Waals surface area (Å²) < 4.78 is 23.2. The predicted octanol–water partition coefficient (Wildman–Crippen LogP) is 1.99. The van der Waals surface area contributed by atoms with Crippen LogP contribution in [0.15, 0.2) is 54.7 Å². The van der Waals surface area contributed by atoms with Crippen LogP contribution in [-0.2, 0) is 0 Å². The van der Waals surface area contributed by atoms with Gasteiger partial charge in [-0.15, -0.1) is 0 Å². The van der Waals surface area contributed by atoms with E-state index in [1.807, 2.05) is 0 Å². The average molecular weight is 174 g/mol. The zero-order valence-electron chi connectivity index (χ0n) is 9.82. The van der Waals surface area contributed by atoms with E-state index in [1.54, 1.807) is 12.1 Å². The Balaban J connectivity index is 2.73. The van der Waals surface area contributed by atoms with E-state index in [2.05, 4.69) is 0 Å². The lowest BCUT2D eigenvalue weighted by atomic mass is 10.1. The zero-order chi connectivity index (χ0) is 11.7. The monoisotopic (exact) mass is 174 g/mol. The topological polar surface area (TPSA) is 26.9 Å². The summed E-state index contributed by atoms with van der Waals surface area (Å²) in [6.45, 7) is 0. The van der Waals surface area contributed by atoms with Crippen molar-refractivity contribution >= 4 is 0 Å². The van der Waals surface area contributed by atoms with Gasteiger partial charge in [0, 0.05) is 17.7 Å². The fraction of sp³-hybridized carbons (Fsp3) is 0. The summed E-state index contributed by atoms with van der Waals surface area (Å²) in [6.07, 6.45) is -0.194. The van der Waals surface area contributed by atoms with Crippen molar-refractivity contribution in [2.24, 2.45) is 0 Å². The van der Waals surface area contributed by atoms with Gasteiger partial charge >= 0.3 is 0 Å². The molecule has 0 bridgehead atoms. The minimum atomic E-state index is -0.194. The van der Waals surface area contributed by atoms with Gasteiger partial charge in [0.15, 0.2) is 6.17 Å². The number of pyridine rings is 1. The molecule has 0 saturated carbocycles. The summed E-state index contributed by atoms with van der Waals surface area (Å²) in [6, 6.07) is 9.30. The molecule has 0 saturated heterocycles. The predicted molar refractivity (Wildman–Crippen MR) is 50.8 cm³/mol. The van der Waals surface area contributed by atoms with Gasteiger partial charge in [0.05, 0.1) is 2.74 Å². The van der Waals surface area contributed by atoms with Crippen LogP contribution in [0, 0.1) is 5.21 Å². The molecule has 1 aromatic carbocycles. The normalized spacial score (nSPS) is 13.1. The highest BCUT2D eigenvalue weighted by atomic mass is 16.5. The Hall–Kier alpha value is -1.83. The summed E-state index contributed by atoms with van der Waals surface area (Å²) in [5.41, 5.74) is 0.426. The zero-order valence-corrected chi connectivity index (χ0v) is 6.82. The summed E-state index contributed by atoms with van der Waals surface area (Å²) in [4.78, 5) is 0. The number of benzene rings is 1. The SMILES string of the molecule is [2H]c1cccc([2H])c1-c1cccc([2H])[n+]1[O-]. The molecule has 0 aliphatic heterocycles. The Morgan fingerprint density at radius 3 is 2.62 bits per heavy atom. The van der Waals surface area contributed by atoms with Crippen molar-refractivity contribution in [2.45, 2.75) is 0 Å². The Kier molecular flexibility index (Phi) is 1.26. The molecule has 0 amide bonds. The highest BCUT2D eigenvalue weighted by molar-refractivity contribution is 5.55. The molecule has 2 nitrogen and oxygen atoms in total. The van der Waals surface area contributed by atoms with E-state index in [4.69, 9.17) is 4.11 Å². The minimum absolute atomic E-state index is 0.114. The van der Waals surface area contributed by atoms with E-state index in [0.29, 0.717) is 4.73 Å². The number of nitrogens with zero attached hydrogens (tertiary/aromatic N) is 1. The number of hydrogen-bond acceptors (Lipinski definition) is 1. The van der Waals surface area contributed by atoms with Crippen molar-refractivity contribution in [3.05, 3.63) is 59.9 Å². The van der Waals surface area contributed by atoms with Crippen molar-refractivity contribution < 1.29 is 8.84 Å². The van der Waals surface area contributed by atoms with Crippen LogP contribution in [0.5, 0.6) is 0 Å². The maximum absolute atomic E-state index is 11.6. The second kappa shape index (κ2) is 3.27. The fourth-order valence-corrected chi connectivity index (χ4v) is 1.07. The van der Waals surface area contributed by atoms with Crippen LogP contribution in [0.3, 0.4) is 0 Å². The molecular formula is C11H9NO. The third-order valence-corrected chi connectivity index (χ3v) is 1.66. The van der Waals surface area contributed by atoms with Gasteiger partial charge in [0.2, 0.25) is 5.69 Å². The highest BCUT2D eigenvalue weighted by Gasteiger charge is 2.04. The molecule has 13 heavy (non-hydrogen) atoms. The Morgan fingerprint density at radius 1 is 1.08 bits per heavy atom. The van der Waals surface area contributed by atoms with Gasteiger partial charge < -0.3 is 5.21 Å². The standard InChI is InChI=1S/C11H9NO/c13-12-9-5-4-8-11(12)10-6-2-1-3-7-10/h1-9H/i6D,7D,9D. The van der Waals surface area contributed by atoms with Crippen LogP contribution in [-0.4, -0.2) is 0 Å². The third-order valence-electron chi connectivity index (χ3n) is 1.66. The van der Waals surface area contributed by atoms with Crippen LogP contribution >= 0.6 is 0 Å². The van der Waals surface area contributed by atoms with Crippen molar-refractivity contribution in [1.29, 1.82) is 0 Å². The second-order valence-corrected chi connectivity index (χ2v) is 2.52. The van der Waals surface area contributed by atoms with E-state index >= 15 is 0 Å². The smallest absolute Gasteiger partial charge is 0.223 e. The first-order chi connectivity index (χ1) is 7.61. The highest BCUT2D eigenvalue weighted by Crippen LogP contribution is 2.12. The van der Waals surface area contributed by atoms with Gasteiger partial charge in [-0.3, -0.25) is 0 Å². The van der Waals surface area contributed by atoms with Crippen molar-refractivity contribution in [2.75, 3.05) is 0 Å². The van der Waals surface area contributed by atoms with Gasteiger partial charge in [-0.2, -0.15) is 4.73 Å². The molecule has 0 aliphatic rings.